The van der Waals surface area contributed by atoms with Crippen LogP contribution in [0, 0.1) is 0 Å². The summed E-state index contributed by atoms with van der Waals surface area (Å²) in [4.78, 5) is 35.3. The normalized spacial score (nSPS) is 11.6. The molecular weight excluding hydrogens is 392 g/mol. The molecule has 0 atom stereocenters. The Balaban J connectivity index is 1.45. The van der Waals surface area contributed by atoms with E-state index in [2.05, 4.69) is 39.1 Å². The Morgan fingerprint density at radius 3 is 2.81 bits per heavy atom. The molecule has 9 nitrogen and oxygen atoms in total. The molecule has 0 saturated carbocycles. The molecule has 0 spiro atoms. The van der Waals surface area contributed by atoms with Crippen molar-refractivity contribution in [3.8, 4) is 11.4 Å². The fourth-order valence-electron chi connectivity index (χ4n) is 3.60. The number of fused-ring (bicyclic) bond motifs is 2. The van der Waals surface area contributed by atoms with Crippen molar-refractivity contribution in [1.29, 1.82) is 0 Å². The van der Waals surface area contributed by atoms with Crippen LogP contribution in [0.1, 0.15) is 25.5 Å². The van der Waals surface area contributed by atoms with Gasteiger partial charge in [0.1, 0.15) is 5.52 Å². The lowest BCUT2D eigenvalue weighted by molar-refractivity contribution is 0.613. The highest BCUT2D eigenvalue weighted by atomic mass is 16.1. The van der Waals surface area contributed by atoms with Gasteiger partial charge in [0, 0.05) is 30.5 Å². The molecular formula is C22H22N8O. The average molecular weight is 414 g/mol. The number of H-pyrrole nitrogens is 2. The molecule has 0 amide bonds. The first kappa shape index (κ1) is 19.0. The van der Waals surface area contributed by atoms with E-state index in [1.807, 2.05) is 34.9 Å². The summed E-state index contributed by atoms with van der Waals surface area (Å²) >= 11 is 0. The van der Waals surface area contributed by atoms with Crippen molar-refractivity contribution in [2.75, 3.05) is 11.9 Å². The lowest BCUT2D eigenvalue weighted by Crippen LogP contribution is -2.09. The van der Waals surface area contributed by atoms with E-state index in [1.54, 1.807) is 18.7 Å². The van der Waals surface area contributed by atoms with Crippen LogP contribution in [0.15, 0.2) is 53.8 Å². The van der Waals surface area contributed by atoms with E-state index in [-0.39, 0.29) is 11.7 Å². The Labute approximate surface area is 177 Å². The molecule has 5 rings (SSSR count). The molecule has 0 aliphatic carbocycles. The number of pyridine rings is 1. The first-order valence-corrected chi connectivity index (χ1v) is 10.2. The number of imidazole rings is 2. The summed E-state index contributed by atoms with van der Waals surface area (Å²) in [5.41, 5.74) is 4.91. The Morgan fingerprint density at radius 1 is 1.13 bits per heavy atom. The molecule has 0 unspecified atom stereocenters. The Hall–Kier alpha value is -4.01. The van der Waals surface area contributed by atoms with Crippen molar-refractivity contribution in [1.82, 2.24) is 34.5 Å². The maximum atomic E-state index is 11.5. The van der Waals surface area contributed by atoms with Crippen molar-refractivity contribution in [2.24, 2.45) is 0 Å². The third-order valence-corrected chi connectivity index (χ3v) is 5.18. The van der Waals surface area contributed by atoms with Crippen LogP contribution in [0.3, 0.4) is 0 Å². The molecule has 0 saturated heterocycles. The van der Waals surface area contributed by atoms with Crippen LogP contribution in [0.25, 0.3) is 33.6 Å². The maximum Gasteiger partial charge on any atom is 0.323 e. The van der Waals surface area contributed by atoms with Gasteiger partial charge in [-0.15, -0.1) is 0 Å². The standard InChI is InChI=1S/C22H22N8O/c1-13(2)30-12-25-18-20(28-19(29-21(18)30)15-4-3-8-23-11-15)24-9-7-14-5-6-16-17(10-14)27-22(31)26-16/h3-6,8,10-13H,7,9H2,1-2H3,(H,24,28,29)(H2,26,27,31). The zero-order chi connectivity index (χ0) is 21.4. The number of aromatic nitrogens is 7. The second-order valence-corrected chi connectivity index (χ2v) is 7.69. The first-order valence-electron chi connectivity index (χ1n) is 10.2. The van der Waals surface area contributed by atoms with Crippen LogP contribution in [-0.2, 0) is 6.42 Å². The lowest BCUT2D eigenvalue weighted by atomic mass is 10.1. The second kappa shape index (κ2) is 7.67. The van der Waals surface area contributed by atoms with Gasteiger partial charge in [-0.2, -0.15) is 0 Å². The zero-order valence-corrected chi connectivity index (χ0v) is 17.3. The van der Waals surface area contributed by atoms with Crippen LogP contribution in [0.2, 0.25) is 0 Å². The third kappa shape index (κ3) is 3.65. The van der Waals surface area contributed by atoms with E-state index in [1.165, 1.54) is 0 Å². The van der Waals surface area contributed by atoms with Crippen molar-refractivity contribution in [3.63, 3.8) is 0 Å². The molecule has 0 fully saturated rings. The van der Waals surface area contributed by atoms with Crippen LogP contribution < -0.4 is 11.0 Å². The third-order valence-electron chi connectivity index (χ3n) is 5.18. The Morgan fingerprint density at radius 2 is 2.00 bits per heavy atom. The molecule has 5 aromatic rings. The molecule has 9 heteroatoms. The summed E-state index contributed by atoms with van der Waals surface area (Å²) in [5.74, 6) is 1.30. The number of aromatic amines is 2. The van der Waals surface area contributed by atoms with E-state index in [4.69, 9.17) is 9.97 Å². The minimum absolute atomic E-state index is 0.197. The van der Waals surface area contributed by atoms with Crippen LogP contribution in [0.5, 0.6) is 0 Å². The van der Waals surface area contributed by atoms with Crippen molar-refractivity contribution in [2.45, 2.75) is 26.3 Å². The average Bonchev–Trinajstić information content (AvgIpc) is 3.36. The van der Waals surface area contributed by atoms with Crippen LogP contribution >= 0.6 is 0 Å². The van der Waals surface area contributed by atoms with E-state index in [9.17, 15) is 4.79 Å². The molecule has 3 N–H and O–H groups in total. The predicted molar refractivity (Wildman–Crippen MR) is 120 cm³/mol. The molecule has 0 bridgehead atoms. The fourth-order valence-corrected chi connectivity index (χ4v) is 3.60. The highest BCUT2D eigenvalue weighted by molar-refractivity contribution is 5.85. The van der Waals surface area contributed by atoms with Gasteiger partial charge >= 0.3 is 5.69 Å². The minimum atomic E-state index is -0.197. The number of rotatable bonds is 6. The van der Waals surface area contributed by atoms with Gasteiger partial charge in [-0.1, -0.05) is 6.07 Å². The molecule has 156 valence electrons. The fraction of sp³-hybridized carbons (Fsp3) is 0.227. The van der Waals surface area contributed by atoms with Gasteiger partial charge in [0.2, 0.25) is 0 Å². The molecule has 4 heterocycles. The van der Waals surface area contributed by atoms with E-state index in [0.29, 0.717) is 18.2 Å². The largest absolute Gasteiger partial charge is 0.368 e. The lowest BCUT2D eigenvalue weighted by Gasteiger charge is -2.11. The van der Waals surface area contributed by atoms with Gasteiger partial charge in [-0.25, -0.2) is 19.7 Å². The van der Waals surface area contributed by atoms with Gasteiger partial charge in [-0.3, -0.25) is 4.98 Å². The van der Waals surface area contributed by atoms with Gasteiger partial charge in [0.05, 0.1) is 17.4 Å². The number of anilines is 1. The van der Waals surface area contributed by atoms with Gasteiger partial charge in [-0.05, 0) is 50.1 Å². The highest BCUT2D eigenvalue weighted by Crippen LogP contribution is 2.25. The Kier molecular flexibility index (Phi) is 4.70. The smallest absolute Gasteiger partial charge is 0.323 e. The number of benzene rings is 1. The summed E-state index contributed by atoms with van der Waals surface area (Å²) < 4.78 is 2.04. The molecule has 1 aromatic carbocycles. The van der Waals surface area contributed by atoms with Crippen molar-refractivity contribution in [3.05, 3.63) is 65.1 Å². The number of hydrogen-bond donors (Lipinski definition) is 3. The van der Waals surface area contributed by atoms with Crippen LogP contribution in [0.4, 0.5) is 5.82 Å². The zero-order valence-electron chi connectivity index (χ0n) is 17.3. The van der Waals surface area contributed by atoms with Gasteiger partial charge in [0.15, 0.2) is 17.3 Å². The van der Waals surface area contributed by atoms with Crippen molar-refractivity contribution < 1.29 is 0 Å². The number of nitrogens with zero attached hydrogens (tertiary/aromatic N) is 5. The van der Waals surface area contributed by atoms with Crippen LogP contribution in [-0.4, -0.2) is 41.0 Å². The second-order valence-electron chi connectivity index (χ2n) is 7.69. The van der Waals surface area contributed by atoms with E-state index >= 15 is 0 Å². The van der Waals surface area contributed by atoms with Gasteiger partial charge in [0.25, 0.3) is 0 Å². The summed E-state index contributed by atoms with van der Waals surface area (Å²) in [6.07, 6.45) is 6.06. The maximum absolute atomic E-state index is 11.5. The predicted octanol–water partition coefficient (Wildman–Crippen LogP) is 3.29. The SMILES string of the molecule is CC(C)n1cnc2c(NCCc3ccc4[nH]c(=O)[nH]c4c3)nc(-c3cccnc3)nc21. The number of nitrogens with one attached hydrogen (secondary N) is 3. The van der Waals surface area contributed by atoms with E-state index in [0.717, 1.165) is 39.7 Å². The summed E-state index contributed by atoms with van der Waals surface area (Å²) in [5, 5.41) is 3.42. The molecule has 4 aromatic heterocycles. The highest BCUT2D eigenvalue weighted by Gasteiger charge is 2.15. The summed E-state index contributed by atoms with van der Waals surface area (Å²) in [7, 11) is 0. The quantitative estimate of drug-likeness (QED) is 0.392. The summed E-state index contributed by atoms with van der Waals surface area (Å²) in [6.45, 7) is 4.86. The first-order chi connectivity index (χ1) is 15.1. The minimum Gasteiger partial charge on any atom is -0.368 e. The molecule has 31 heavy (non-hydrogen) atoms. The molecule has 0 radical (unpaired) electrons. The Bertz CT molecular complexity index is 1410. The molecule has 0 aliphatic rings. The van der Waals surface area contributed by atoms with Gasteiger partial charge < -0.3 is 19.9 Å². The molecule has 0 aliphatic heterocycles. The topological polar surface area (TPSA) is 117 Å². The monoisotopic (exact) mass is 414 g/mol. The van der Waals surface area contributed by atoms with Crippen molar-refractivity contribution >= 4 is 28.0 Å². The van der Waals surface area contributed by atoms with E-state index < -0.39 is 0 Å². The summed E-state index contributed by atoms with van der Waals surface area (Å²) in [6, 6.07) is 9.95. The number of hydrogen-bond acceptors (Lipinski definition) is 6.